The van der Waals surface area contributed by atoms with Crippen LogP contribution < -0.4 is 5.32 Å². The monoisotopic (exact) mass is 225 g/mol. The molecule has 16 heavy (non-hydrogen) atoms. The molecule has 0 spiro atoms. The largest absolute Gasteiger partial charge is 0.314 e. The zero-order valence-electron chi connectivity index (χ0n) is 11.9. The summed E-state index contributed by atoms with van der Waals surface area (Å²) < 4.78 is 0. The van der Waals surface area contributed by atoms with Gasteiger partial charge in [-0.3, -0.25) is 0 Å². The Hall–Kier alpha value is -0.0400. The molecule has 1 fully saturated rings. The highest BCUT2D eigenvalue weighted by molar-refractivity contribution is 4.81. The zero-order valence-corrected chi connectivity index (χ0v) is 11.9. The van der Waals surface area contributed by atoms with Gasteiger partial charge in [-0.15, -0.1) is 0 Å². The van der Waals surface area contributed by atoms with E-state index in [4.69, 9.17) is 0 Å². The van der Waals surface area contributed by atoms with Crippen LogP contribution in [0.3, 0.4) is 0 Å². The fourth-order valence-electron chi connectivity index (χ4n) is 3.18. The maximum absolute atomic E-state index is 3.81. The van der Waals surface area contributed by atoms with Crippen molar-refractivity contribution < 1.29 is 0 Å². The molecule has 0 saturated heterocycles. The van der Waals surface area contributed by atoms with Crippen LogP contribution in [0.5, 0.6) is 0 Å². The lowest BCUT2D eigenvalue weighted by Gasteiger charge is -2.27. The lowest BCUT2D eigenvalue weighted by atomic mass is 9.85. The molecule has 0 aromatic rings. The van der Waals surface area contributed by atoms with Crippen molar-refractivity contribution in [1.82, 2.24) is 5.32 Å². The van der Waals surface area contributed by atoms with E-state index in [1.165, 1.54) is 32.2 Å². The van der Waals surface area contributed by atoms with Crippen LogP contribution in [0, 0.1) is 23.7 Å². The first-order valence-electron chi connectivity index (χ1n) is 7.27. The van der Waals surface area contributed by atoms with E-state index in [-0.39, 0.29) is 0 Å². The van der Waals surface area contributed by atoms with Crippen molar-refractivity contribution in [3.05, 3.63) is 0 Å². The summed E-state index contributed by atoms with van der Waals surface area (Å²) in [5.74, 6) is 3.43. The first-order chi connectivity index (χ1) is 7.54. The fraction of sp³-hybridized carbons (Fsp3) is 1.00. The third kappa shape index (κ3) is 4.08. The molecule has 0 aromatic heterocycles. The van der Waals surface area contributed by atoms with E-state index >= 15 is 0 Å². The van der Waals surface area contributed by atoms with Gasteiger partial charge < -0.3 is 5.32 Å². The van der Waals surface area contributed by atoms with Crippen molar-refractivity contribution in [3.63, 3.8) is 0 Å². The Morgan fingerprint density at radius 3 is 2.12 bits per heavy atom. The smallest absolute Gasteiger partial charge is 0.00699 e. The van der Waals surface area contributed by atoms with E-state index in [9.17, 15) is 0 Å². The van der Waals surface area contributed by atoms with Gasteiger partial charge >= 0.3 is 0 Å². The van der Waals surface area contributed by atoms with Gasteiger partial charge in [0.2, 0.25) is 0 Å². The Labute approximate surface area is 102 Å². The van der Waals surface area contributed by atoms with E-state index in [0.717, 1.165) is 29.7 Å². The molecule has 96 valence electrons. The van der Waals surface area contributed by atoms with Crippen molar-refractivity contribution in [2.24, 2.45) is 23.7 Å². The summed E-state index contributed by atoms with van der Waals surface area (Å²) in [6.45, 7) is 13.0. The van der Waals surface area contributed by atoms with Crippen molar-refractivity contribution in [1.29, 1.82) is 0 Å². The molecule has 1 heteroatoms. The van der Waals surface area contributed by atoms with Gasteiger partial charge in [0.05, 0.1) is 0 Å². The summed E-state index contributed by atoms with van der Waals surface area (Å²) >= 11 is 0. The van der Waals surface area contributed by atoms with Gasteiger partial charge in [0, 0.05) is 6.04 Å². The van der Waals surface area contributed by atoms with Gasteiger partial charge in [0.1, 0.15) is 0 Å². The van der Waals surface area contributed by atoms with Crippen LogP contribution in [-0.4, -0.2) is 12.6 Å². The van der Waals surface area contributed by atoms with Crippen LogP contribution in [-0.2, 0) is 0 Å². The van der Waals surface area contributed by atoms with Gasteiger partial charge in [-0.1, -0.05) is 41.0 Å². The molecule has 1 nitrogen and oxygen atoms in total. The predicted octanol–water partition coefficient (Wildman–Crippen LogP) is 4.08. The van der Waals surface area contributed by atoms with E-state index in [1.807, 2.05) is 0 Å². The van der Waals surface area contributed by atoms with E-state index < -0.39 is 0 Å². The minimum atomic E-state index is 0.802. The van der Waals surface area contributed by atoms with Gasteiger partial charge in [-0.25, -0.2) is 0 Å². The molecule has 1 aliphatic rings. The average molecular weight is 225 g/mol. The minimum Gasteiger partial charge on any atom is -0.314 e. The Bertz CT molecular complexity index is 178. The highest BCUT2D eigenvalue weighted by Gasteiger charge is 2.24. The molecule has 0 amide bonds. The quantitative estimate of drug-likeness (QED) is 0.718. The molecule has 0 aromatic carbocycles. The number of nitrogens with one attached hydrogen (secondary N) is 1. The van der Waals surface area contributed by atoms with Crippen LogP contribution in [0.1, 0.15) is 60.3 Å². The van der Waals surface area contributed by atoms with Crippen LogP contribution in [0.4, 0.5) is 0 Å². The van der Waals surface area contributed by atoms with E-state index in [1.54, 1.807) is 0 Å². The summed E-state index contributed by atoms with van der Waals surface area (Å²) in [6.07, 6.45) is 5.64. The second-order valence-electron chi connectivity index (χ2n) is 6.34. The summed E-state index contributed by atoms with van der Waals surface area (Å²) in [4.78, 5) is 0. The van der Waals surface area contributed by atoms with Crippen LogP contribution in [0.25, 0.3) is 0 Å². The maximum Gasteiger partial charge on any atom is 0.00699 e. The van der Waals surface area contributed by atoms with Crippen LogP contribution in [0.2, 0.25) is 0 Å². The molecule has 0 radical (unpaired) electrons. The summed E-state index contributed by atoms with van der Waals surface area (Å²) in [5.41, 5.74) is 0. The molecule has 1 N–H and O–H groups in total. The highest BCUT2D eigenvalue weighted by Crippen LogP contribution is 2.28. The second kappa shape index (κ2) is 6.64. The van der Waals surface area contributed by atoms with E-state index in [0.29, 0.717) is 0 Å². The minimum absolute atomic E-state index is 0.802. The average Bonchev–Trinajstić information content (AvgIpc) is 2.65. The van der Waals surface area contributed by atoms with Crippen LogP contribution in [0.15, 0.2) is 0 Å². The van der Waals surface area contributed by atoms with E-state index in [2.05, 4.69) is 39.9 Å². The van der Waals surface area contributed by atoms with Crippen molar-refractivity contribution in [3.8, 4) is 0 Å². The molecular formula is C15H31N. The van der Waals surface area contributed by atoms with Gasteiger partial charge in [0.15, 0.2) is 0 Å². The standard InChI is InChI=1S/C15H31N/c1-6-13-7-8-14(9-13)16-10-15(11(2)3)12(4)5/h11-16H,6-10H2,1-5H3. The third-order valence-corrected chi connectivity index (χ3v) is 4.47. The summed E-state index contributed by atoms with van der Waals surface area (Å²) in [7, 11) is 0. The van der Waals surface area contributed by atoms with Crippen molar-refractivity contribution in [2.75, 3.05) is 6.54 Å². The third-order valence-electron chi connectivity index (χ3n) is 4.47. The lowest BCUT2D eigenvalue weighted by molar-refractivity contribution is 0.264. The topological polar surface area (TPSA) is 12.0 Å². The molecule has 2 atom stereocenters. The summed E-state index contributed by atoms with van der Waals surface area (Å²) in [6, 6.07) is 0.810. The van der Waals surface area contributed by atoms with Crippen molar-refractivity contribution in [2.45, 2.75) is 66.3 Å². The van der Waals surface area contributed by atoms with Gasteiger partial charge in [0.25, 0.3) is 0 Å². The van der Waals surface area contributed by atoms with Gasteiger partial charge in [-0.2, -0.15) is 0 Å². The number of hydrogen-bond acceptors (Lipinski definition) is 1. The summed E-state index contributed by atoms with van der Waals surface area (Å²) in [5, 5.41) is 3.81. The highest BCUT2D eigenvalue weighted by atomic mass is 14.9. The predicted molar refractivity (Wildman–Crippen MR) is 72.6 cm³/mol. The van der Waals surface area contributed by atoms with Crippen LogP contribution >= 0.6 is 0 Å². The second-order valence-corrected chi connectivity index (χ2v) is 6.34. The first kappa shape index (κ1) is 14.0. The molecule has 1 saturated carbocycles. The first-order valence-corrected chi connectivity index (χ1v) is 7.27. The molecule has 0 heterocycles. The molecular weight excluding hydrogens is 194 g/mol. The maximum atomic E-state index is 3.81. The molecule has 1 rings (SSSR count). The fourth-order valence-corrected chi connectivity index (χ4v) is 3.18. The normalized spacial score (nSPS) is 26.2. The molecule has 0 bridgehead atoms. The Balaban J connectivity index is 2.28. The van der Waals surface area contributed by atoms with Crippen molar-refractivity contribution >= 4 is 0 Å². The molecule has 0 aliphatic heterocycles. The zero-order chi connectivity index (χ0) is 12.1. The Morgan fingerprint density at radius 2 is 1.69 bits per heavy atom. The number of rotatable bonds is 6. The van der Waals surface area contributed by atoms with Gasteiger partial charge in [-0.05, 0) is 49.5 Å². The lowest BCUT2D eigenvalue weighted by Crippen LogP contribution is -2.35. The SMILES string of the molecule is CCC1CCC(NCC(C(C)C)C(C)C)C1. The molecule has 1 aliphatic carbocycles. The Morgan fingerprint density at radius 1 is 1.06 bits per heavy atom. The Kier molecular flexibility index (Phi) is 5.82. The molecule has 2 unspecified atom stereocenters. The number of hydrogen-bond donors (Lipinski definition) is 1.